The topological polar surface area (TPSA) is 41.4 Å². The number of halogens is 1. The van der Waals surface area contributed by atoms with Crippen LogP contribution in [0.1, 0.15) is 17.7 Å². The SMILES string of the molecule is Cc1cn(CCC(=O)N2CCN(Cc3ccc(F)cc3)CC2)cn1. The Morgan fingerprint density at radius 3 is 2.50 bits per heavy atom. The first-order valence-corrected chi connectivity index (χ1v) is 8.33. The van der Waals surface area contributed by atoms with Gasteiger partial charge in [0.1, 0.15) is 5.82 Å². The number of nitrogens with zero attached hydrogens (tertiary/aromatic N) is 4. The van der Waals surface area contributed by atoms with Gasteiger partial charge in [-0.1, -0.05) is 12.1 Å². The highest BCUT2D eigenvalue weighted by molar-refractivity contribution is 5.76. The number of amides is 1. The van der Waals surface area contributed by atoms with E-state index in [9.17, 15) is 9.18 Å². The van der Waals surface area contributed by atoms with Crippen molar-refractivity contribution in [3.63, 3.8) is 0 Å². The number of benzene rings is 1. The van der Waals surface area contributed by atoms with Gasteiger partial charge in [-0.05, 0) is 24.6 Å². The molecule has 1 saturated heterocycles. The largest absolute Gasteiger partial charge is 0.340 e. The number of aromatic nitrogens is 2. The Kier molecular flexibility index (Phi) is 5.25. The van der Waals surface area contributed by atoms with Gasteiger partial charge in [-0.3, -0.25) is 9.69 Å². The fourth-order valence-electron chi connectivity index (χ4n) is 2.98. The Labute approximate surface area is 141 Å². The molecule has 5 nitrogen and oxygen atoms in total. The fourth-order valence-corrected chi connectivity index (χ4v) is 2.98. The van der Waals surface area contributed by atoms with Crippen molar-refractivity contribution in [3.05, 3.63) is 53.9 Å². The van der Waals surface area contributed by atoms with E-state index in [1.54, 1.807) is 6.33 Å². The third-order valence-electron chi connectivity index (χ3n) is 4.39. The molecule has 1 fully saturated rings. The molecule has 0 N–H and O–H groups in total. The van der Waals surface area contributed by atoms with Gasteiger partial charge in [0.25, 0.3) is 0 Å². The number of carbonyl (C=O) groups excluding carboxylic acids is 1. The second-order valence-corrected chi connectivity index (χ2v) is 6.29. The molecule has 1 aliphatic rings. The predicted octanol–water partition coefficient (Wildman–Crippen LogP) is 2.07. The van der Waals surface area contributed by atoms with Crippen LogP contribution in [0.5, 0.6) is 0 Å². The molecule has 2 heterocycles. The molecular formula is C18H23FN4O. The van der Waals surface area contributed by atoms with Crippen LogP contribution >= 0.6 is 0 Å². The molecule has 0 unspecified atom stereocenters. The van der Waals surface area contributed by atoms with Crippen LogP contribution in [0.2, 0.25) is 0 Å². The minimum absolute atomic E-state index is 0.197. The van der Waals surface area contributed by atoms with E-state index < -0.39 is 0 Å². The van der Waals surface area contributed by atoms with Crippen LogP contribution in [0.25, 0.3) is 0 Å². The van der Waals surface area contributed by atoms with Crippen LogP contribution in [-0.2, 0) is 17.9 Å². The van der Waals surface area contributed by atoms with E-state index in [1.807, 2.05) is 34.7 Å². The summed E-state index contributed by atoms with van der Waals surface area (Å²) in [5.41, 5.74) is 2.07. The zero-order chi connectivity index (χ0) is 16.9. The first kappa shape index (κ1) is 16.6. The zero-order valence-corrected chi connectivity index (χ0v) is 14.0. The lowest BCUT2D eigenvalue weighted by Crippen LogP contribution is -2.48. The Balaban J connectivity index is 1.42. The maximum atomic E-state index is 12.9. The van der Waals surface area contributed by atoms with Crippen LogP contribution < -0.4 is 0 Å². The van der Waals surface area contributed by atoms with Gasteiger partial charge in [0, 0.05) is 51.9 Å². The smallest absolute Gasteiger partial charge is 0.224 e. The molecule has 3 rings (SSSR count). The first-order valence-electron chi connectivity index (χ1n) is 8.33. The van der Waals surface area contributed by atoms with E-state index in [4.69, 9.17) is 0 Å². The van der Waals surface area contributed by atoms with E-state index in [0.29, 0.717) is 13.0 Å². The molecule has 1 amide bonds. The number of imidazole rings is 1. The van der Waals surface area contributed by atoms with E-state index >= 15 is 0 Å². The van der Waals surface area contributed by atoms with Gasteiger partial charge < -0.3 is 9.47 Å². The number of aryl methyl sites for hydroxylation is 2. The van der Waals surface area contributed by atoms with Gasteiger partial charge in [0.05, 0.1) is 12.0 Å². The zero-order valence-electron chi connectivity index (χ0n) is 14.0. The molecule has 0 spiro atoms. The quantitative estimate of drug-likeness (QED) is 0.843. The van der Waals surface area contributed by atoms with E-state index in [1.165, 1.54) is 12.1 Å². The Morgan fingerprint density at radius 2 is 1.88 bits per heavy atom. The maximum Gasteiger partial charge on any atom is 0.224 e. The summed E-state index contributed by atoms with van der Waals surface area (Å²) >= 11 is 0. The van der Waals surface area contributed by atoms with Crippen molar-refractivity contribution in [1.29, 1.82) is 0 Å². The molecule has 128 valence electrons. The highest BCUT2D eigenvalue weighted by atomic mass is 19.1. The van der Waals surface area contributed by atoms with Gasteiger partial charge >= 0.3 is 0 Å². The number of carbonyl (C=O) groups is 1. The average Bonchev–Trinajstić information content (AvgIpc) is 3.01. The molecule has 0 saturated carbocycles. The number of piperazine rings is 1. The van der Waals surface area contributed by atoms with Gasteiger partial charge in [-0.15, -0.1) is 0 Å². The first-order chi connectivity index (χ1) is 11.6. The summed E-state index contributed by atoms with van der Waals surface area (Å²) in [5, 5.41) is 0. The lowest BCUT2D eigenvalue weighted by atomic mass is 10.2. The molecule has 2 aromatic rings. The number of hydrogen-bond acceptors (Lipinski definition) is 3. The highest BCUT2D eigenvalue weighted by Gasteiger charge is 2.20. The molecule has 1 aromatic heterocycles. The van der Waals surface area contributed by atoms with Crippen LogP contribution in [-0.4, -0.2) is 51.4 Å². The molecular weight excluding hydrogens is 307 g/mol. The molecule has 0 atom stereocenters. The summed E-state index contributed by atoms with van der Waals surface area (Å²) in [6, 6.07) is 6.62. The van der Waals surface area contributed by atoms with Gasteiger partial charge in [-0.25, -0.2) is 9.37 Å². The van der Waals surface area contributed by atoms with E-state index in [0.717, 1.165) is 44.0 Å². The standard InChI is InChI=1S/C18H23FN4O/c1-15-12-22(14-20-15)7-6-18(24)23-10-8-21(9-11-23)13-16-2-4-17(19)5-3-16/h2-5,12,14H,6-11,13H2,1H3. The van der Waals surface area contributed by atoms with Crippen molar-refractivity contribution >= 4 is 5.91 Å². The minimum atomic E-state index is -0.206. The molecule has 0 radical (unpaired) electrons. The number of rotatable bonds is 5. The van der Waals surface area contributed by atoms with E-state index in [2.05, 4.69) is 9.88 Å². The van der Waals surface area contributed by atoms with Crippen LogP contribution in [0.4, 0.5) is 4.39 Å². The third kappa shape index (κ3) is 4.41. The molecule has 6 heteroatoms. The summed E-state index contributed by atoms with van der Waals surface area (Å²) in [7, 11) is 0. The molecule has 0 aliphatic carbocycles. The van der Waals surface area contributed by atoms with Crippen molar-refractivity contribution in [1.82, 2.24) is 19.4 Å². The highest BCUT2D eigenvalue weighted by Crippen LogP contribution is 2.10. The lowest BCUT2D eigenvalue weighted by molar-refractivity contribution is -0.133. The Bertz CT molecular complexity index is 675. The van der Waals surface area contributed by atoms with Crippen LogP contribution in [0, 0.1) is 12.7 Å². The van der Waals surface area contributed by atoms with Crippen molar-refractivity contribution in [2.45, 2.75) is 26.4 Å². The molecule has 1 aromatic carbocycles. The Hall–Kier alpha value is -2.21. The molecule has 0 bridgehead atoms. The maximum absolute atomic E-state index is 12.9. The van der Waals surface area contributed by atoms with Crippen molar-refractivity contribution in [2.75, 3.05) is 26.2 Å². The molecule has 1 aliphatic heterocycles. The summed E-state index contributed by atoms with van der Waals surface area (Å²) in [4.78, 5) is 20.7. The normalized spacial score (nSPS) is 15.7. The van der Waals surface area contributed by atoms with Crippen molar-refractivity contribution in [3.8, 4) is 0 Å². The van der Waals surface area contributed by atoms with E-state index in [-0.39, 0.29) is 11.7 Å². The van der Waals surface area contributed by atoms with Crippen LogP contribution in [0.3, 0.4) is 0 Å². The van der Waals surface area contributed by atoms with Gasteiger partial charge in [0.2, 0.25) is 5.91 Å². The van der Waals surface area contributed by atoms with Gasteiger partial charge in [0.15, 0.2) is 0 Å². The minimum Gasteiger partial charge on any atom is -0.340 e. The summed E-state index contributed by atoms with van der Waals surface area (Å²) in [5.74, 6) is -0.00922. The lowest BCUT2D eigenvalue weighted by Gasteiger charge is -2.34. The Morgan fingerprint density at radius 1 is 1.17 bits per heavy atom. The predicted molar refractivity (Wildman–Crippen MR) is 89.8 cm³/mol. The monoisotopic (exact) mass is 330 g/mol. The summed E-state index contributed by atoms with van der Waals surface area (Å²) in [6.45, 7) is 6.64. The third-order valence-corrected chi connectivity index (χ3v) is 4.39. The fraction of sp³-hybridized carbons (Fsp3) is 0.444. The second-order valence-electron chi connectivity index (χ2n) is 6.29. The summed E-state index contributed by atoms with van der Waals surface area (Å²) in [6.07, 6.45) is 4.23. The van der Waals surface area contributed by atoms with Crippen molar-refractivity contribution < 1.29 is 9.18 Å². The molecule has 24 heavy (non-hydrogen) atoms. The number of hydrogen-bond donors (Lipinski definition) is 0. The van der Waals surface area contributed by atoms with Crippen LogP contribution in [0.15, 0.2) is 36.8 Å². The van der Waals surface area contributed by atoms with Gasteiger partial charge in [-0.2, -0.15) is 0 Å². The summed E-state index contributed by atoms with van der Waals surface area (Å²) < 4.78 is 14.9. The average molecular weight is 330 g/mol. The van der Waals surface area contributed by atoms with Crippen molar-refractivity contribution in [2.24, 2.45) is 0 Å². The second kappa shape index (κ2) is 7.57.